The number of aromatic nitrogens is 1. The average molecular weight is 267 g/mol. The van der Waals surface area contributed by atoms with Crippen LogP contribution in [0.1, 0.15) is 15.9 Å². The van der Waals surface area contributed by atoms with Crippen LogP contribution in [0.25, 0.3) is 11.3 Å². The first-order valence-corrected chi connectivity index (χ1v) is 5.25. The summed E-state index contributed by atoms with van der Waals surface area (Å²) < 4.78 is 37.7. The molecular formula is C13H8F3NO2. The van der Waals surface area contributed by atoms with Gasteiger partial charge >= 0.3 is 12.1 Å². The molecule has 2 rings (SSSR count). The first kappa shape index (κ1) is 13.1. The van der Waals surface area contributed by atoms with Gasteiger partial charge in [0, 0.05) is 11.8 Å². The molecule has 19 heavy (non-hydrogen) atoms. The number of aromatic carboxylic acids is 1. The van der Waals surface area contributed by atoms with Crippen LogP contribution in [-0.2, 0) is 6.18 Å². The van der Waals surface area contributed by atoms with Crippen molar-refractivity contribution >= 4 is 5.97 Å². The van der Waals surface area contributed by atoms with Gasteiger partial charge in [-0.25, -0.2) is 4.79 Å². The van der Waals surface area contributed by atoms with Crippen LogP contribution in [0.15, 0.2) is 42.6 Å². The minimum atomic E-state index is -4.42. The van der Waals surface area contributed by atoms with Crippen LogP contribution < -0.4 is 0 Å². The summed E-state index contributed by atoms with van der Waals surface area (Å²) in [6.45, 7) is 0. The van der Waals surface area contributed by atoms with E-state index in [1.165, 1.54) is 24.3 Å². The largest absolute Gasteiger partial charge is 0.478 e. The first-order chi connectivity index (χ1) is 8.88. The number of carboxylic acids is 1. The Kier molecular flexibility index (Phi) is 3.25. The molecule has 1 heterocycles. The number of rotatable bonds is 2. The van der Waals surface area contributed by atoms with Crippen molar-refractivity contribution in [3.63, 3.8) is 0 Å². The Labute approximate surface area is 106 Å². The smallest absolute Gasteiger partial charge is 0.416 e. The number of alkyl halides is 3. The Balaban J connectivity index is 2.39. The number of pyridine rings is 1. The molecule has 0 unspecified atom stereocenters. The number of hydrogen-bond donors (Lipinski definition) is 1. The standard InChI is InChI=1S/C13H8F3NO2/c14-13(15,16)10-3-1-2-8(6-10)11-5-4-9(7-17-11)12(18)19/h1-7H,(H,18,19). The predicted molar refractivity (Wildman–Crippen MR) is 61.6 cm³/mol. The first-order valence-electron chi connectivity index (χ1n) is 5.25. The zero-order valence-corrected chi connectivity index (χ0v) is 9.48. The summed E-state index contributed by atoms with van der Waals surface area (Å²) in [4.78, 5) is 14.5. The van der Waals surface area contributed by atoms with Crippen LogP contribution in [0.4, 0.5) is 13.2 Å². The molecule has 0 spiro atoms. The lowest BCUT2D eigenvalue weighted by molar-refractivity contribution is -0.137. The van der Waals surface area contributed by atoms with Crippen LogP contribution in [0.5, 0.6) is 0 Å². The number of carbonyl (C=O) groups is 1. The summed E-state index contributed by atoms with van der Waals surface area (Å²) in [5.41, 5.74) is -0.215. The maximum absolute atomic E-state index is 12.6. The van der Waals surface area contributed by atoms with Gasteiger partial charge in [-0.1, -0.05) is 12.1 Å². The molecule has 0 saturated heterocycles. The van der Waals surface area contributed by atoms with Gasteiger partial charge in [0.05, 0.1) is 16.8 Å². The van der Waals surface area contributed by atoms with Crippen LogP contribution in [0.2, 0.25) is 0 Å². The van der Waals surface area contributed by atoms with E-state index in [0.717, 1.165) is 18.3 Å². The number of hydrogen-bond acceptors (Lipinski definition) is 2. The van der Waals surface area contributed by atoms with Crippen molar-refractivity contribution in [3.8, 4) is 11.3 Å². The molecule has 0 aliphatic heterocycles. The fraction of sp³-hybridized carbons (Fsp3) is 0.0769. The number of benzene rings is 1. The topological polar surface area (TPSA) is 50.2 Å². The number of nitrogens with zero attached hydrogens (tertiary/aromatic N) is 1. The molecule has 1 N–H and O–H groups in total. The van der Waals surface area contributed by atoms with Crippen molar-refractivity contribution in [3.05, 3.63) is 53.7 Å². The third-order valence-corrected chi connectivity index (χ3v) is 2.50. The SMILES string of the molecule is O=C(O)c1ccc(-c2cccc(C(F)(F)F)c2)nc1. The van der Waals surface area contributed by atoms with Gasteiger partial charge in [0.25, 0.3) is 0 Å². The van der Waals surface area contributed by atoms with E-state index in [9.17, 15) is 18.0 Å². The summed E-state index contributed by atoms with van der Waals surface area (Å²) in [5.74, 6) is -1.14. The van der Waals surface area contributed by atoms with Gasteiger partial charge in [-0.2, -0.15) is 13.2 Å². The molecule has 0 fully saturated rings. The van der Waals surface area contributed by atoms with Crippen molar-refractivity contribution in [1.29, 1.82) is 0 Å². The third kappa shape index (κ3) is 2.90. The van der Waals surface area contributed by atoms with Crippen molar-refractivity contribution in [2.24, 2.45) is 0 Å². The van der Waals surface area contributed by atoms with E-state index in [2.05, 4.69) is 4.98 Å². The minimum absolute atomic E-state index is 0.0178. The Morgan fingerprint density at radius 1 is 1.16 bits per heavy atom. The highest BCUT2D eigenvalue weighted by atomic mass is 19.4. The summed E-state index contributed by atoms with van der Waals surface area (Å²) in [7, 11) is 0. The fourth-order valence-corrected chi connectivity index (χ4v) is 1.55. The second-order valence-corrected chi connectivity index (χ2v) is 3.82. The maximum atomic E-state index is 12.6. The van der Waals surface area contributed by atoms with E-state index in [1.807, 2.05) is 0 Å². The number of halogens is 3. The van der Waals surface area contributed by atoms with E-state index in [4.69, 9.17) is 5.11 Å². The fourth-order valence-electron chi connectivity index (χ4n) is 1.55. The zero-order chi connectivity index (χ0) is 14.0. The van der Waals surface area contributed by atoms with Crippen LogP contribution in [0.3, 0.4) is 0 Å². The molecular weight excluding hydrogens is 259 g/mol. The van der Waals surface area contributed by atoms with E-state index < -0.39 is 17.7 Å². The molecule has 0 bridgehead atoms. The Morgan fingerprint density at radius 2 is 1.89 bits per heavy atom. The minimum Gasteiger partial charge on any atom is -0.478 e. The molecule has 6 heteroatoms. The molecule has 0 aliphatic carbocycles. The van der Waals surface area contributed by atoms with Crippen molar-refractivity contribution < 1.29 is 23.1 Å². The van der Waals surface area contributed by atoms with Gasteiger partial charge < -0.3 is 5.11 Å². The normalized spacial score (nSPS) is 11.3. The van der Waals surface area contributed by atoms with E-state index in [0.29, 0.717) is 0 Å². The van der Waals surface area contributed by atoms with E-state index >= 15 is 0 Å². The summed E-state index contributed by atoms with van der Waals surface area (Å²) >= 11 is 0. The summed E-state index contributed by atoms with van der Waals surface area (Å²) in [6, 6.07) is 7.38. The van der Waals surface area contributed by atoms with Gasteiger partial charge in [-0.3, -0.25) is 4.98 Å². The van der Waals surface area contributed by atoms with E-state index in [1.54, 1.807) is 0 Å². The van der Waals surface area contributed by atoms with Gasteiger partial charge in [0.1, 0.15) is 0 Å². The lowest BCUT2D eigenvalue weighted by atomic mass is 10.1. The Hall–Kier alpha value is -2.37. The molecule has 0 radical (unpaired) electrons. The van der Waals surface area contributed by atoms with Crippen LogP contribution in [-0.4, -0.2) is 16.1 Å². The van der Waals surface area contributed by atoms with Crippen LogP contribution in [0, 0.1) is 0 Å². The number of carboxylic acid groups (broad SMARTS) is 1. The quantitative estimate of drug-likeness (QED) is 0.906. The maximum Gasteiger partial charge on any atom is 0.416 e. The highest BCUT2D eigenvalue weighted by Crippen LogP contribution is 2.31. The second kappa shape index (κ2) is 4.72. The molecule has 0 atom stereocenters. The average Bonchev–Trinajstić information content (AvgIpc) is 2.38. The van der Waals surface area contributed by atoms with Gasteiger partial charge in [-0.15, -0.1) is 0 Å². The van der Waals surface area contributed by atoms with Crippen molar-refractivity contribution in [2.45, 2.75) is 6.18 Å². The second-order valence-electron chi connectivity index (χ2n) is 3.82. The summed E-state index contributed by atoms with van der Waals surface area (Å²) in [6.07, 6.45) is -3.31. The third-order valence-electron chi connectivity index (χ3n) is 2.50. The van der Waals surface area contributed by atoms with Gasteiger partial charge in [0.15, 0.2) is 0 Å². The molecule has 0 amide bonds. The molecule has 1 aromatic heterocycles. The highest BCUT2D eigenvalue weighted by molar-refractivity contribution is 5.87. The van der Waals surface area contributed by atoms with Gasteiger partial charge in [0.2, 0.25) is 0 Å². The lowest BCUT2D eigenvalue weighted by Crippen LogP contribution is -2.04. The Bertz CT molecular complexity index is 606. The summed E-state index contributed by atoms with van der Waals surface area (Å²) in [5, 5.41) is 8.71. The van der Waals surface area contributed by atoms with Crippen molar-refractivity contribution in [1.82, 2.24) is 4.98 Å². The monoisotopic (exact) mass is 267 g/mol. The molecule has 0 saturated carbocycles. The highest BCUT2D eigenvalue weighted by Gasteiger charge is 2.30. The molecule has 98 valence electrons. The predicted octanol–water partition coefficient (Wildman–Crippen LogP) is 3.47. The van der Waals surface area contributed by atoms with Crippen LogP contribution >= 0.6 is 0 Å². The van der Waals surface area contributed by atoms with Crippen molar-refractivity contribution in [2.75, 3.05) is 0 Å². The molecule has 2 aromatic rings. The van der Waals surface area contributed by atoms with Gasteiger partial charge in [-0.05, 0) is 24.3 Å². The lowest BCUT2D eigenvalue weighted by Gasteiger charge is -2.08. The zero-order valence-electron chi connectivity index (χ0n) is 9.48. The molecule has 3 nitrogen and oxygen atoms in total. The molecule has 0 aliphatic rings. The Morgan fingerprint density at radius 3 is 2.42 bits per heavy atom. The molecule has 1 aromatic carbocycles. The van der Waals surface area contributed by atoms with E-state index in [-0.39, 0.29) is 16.8 Å².